The first kappa shape index (κ1) is 17.2. The van der Waals surface area contributed by atoms with E-state index in [9.17, 15) is 14.4 Å². The Bertz CT molecular complexity index is 588. The standard InChI is InChI=1S/C15H17N3O4/c1-10(2)8-17-15(21)18-13(19)9-22-14(20)12-5-3-11(7-16)4-6-12/h3-6,10H,8-9H2,1-2H3,(H2,17,18,19,21). The number of esters is 1. The molecule has 1 aromatic rings. The molecule has 0 aromatic heterocycles. The summed E-state index contributed by atoms with van der Waals surface area (Å²) < 4.78 is 4.78. The van der Waals surface area contributed by atoms with Gasteiger partial charge in [0, 0.05) is 6.54 Å². The Labute approximate surface area is 128 Å². The second-order valence-electron chi connectivity index (χ2n) is 4.92. The van der Waals surface area contributed by atoms with E-state index in [1.165, 1.54) is 24.3 Å². The van der Waals surface area contributed by atoms with Crippen molar-refractivity contribution in [3.63, 3.8) is 0 Å². The number of nitrogens with zero attached hydrogens (tertiary/aromatic N) is 1. The molecule has 2 N–H and O–H groups in total. The lowest BCUT2D eigenvalue weighted by Crippen LogP contribution is -2.42. The Balaban J connectivity index is 2.38. The second-order valence-corrected chi connectivity index (χ2v) is 4.92. The Morgan fingerprint density at radius 1 is 1.23 bits per heavy atom. The van der Waals surface area contributed by atoms with E-state index in [2.05, 4.69) is 10.6 Å². The van der Waals surface area contributed by atoms with Gasteiger partial charge in [-0.3, -0.25) is 10.1 Å². The molecule has 0 atom stereocenters. The Kier molecular flexibility index (Phi) is 6.57. The molecule has 0 fully saturated rings. The highest BCUT2D eigenvalue weighted by Crippen LogP contribution is 2.04. The van der Waals surface area contributed by atoms with Gasteiger partial charge in [-0.1, -0.05) is 13.8 Å². The molecule has 22 heavy (non-hydrogen) atoms. The predicted molar refractivity (Wildman–Crippen MR) is 77.8 cm³/mol. The van der Waals surface area contributed by atoms with E-state index >= 15 is 0 Å². The molecule has 0 spiro atoms. The molecular formula is C15H17N3O4. The van der Waals surface area contributed by atoms with Crippen LogP contribution in [0.3, 0.4) is 0 Å². The molecule has 0 bridgehead atoms. The molecule has 0 unspecified atom stereocenters. The van der Waals surface area contributed by atoms with Gasteiger partial charge >= 0.3 is 12.0 Å². The van der Waals surface area contributed by atoms with Crippen LogP contribution in [-0.2, 0) is 9.53 Å². The number of rotatable bonds is 5. The molecule has 1 rings (SSSR count). The third-order valence-corrected chi connectivity index (χ3v) is 2.51. The predicted octanol–water partition coefficient (Wildman–Crippen LogP) is 1.20. The number of amides is 3. The van der Waals surface area contributed by atoms with Gasteiger partial charge < -0.3 is 10.1 Å². The zero-order chi connectivity index (χ0) is 16.5. The number of hydrogen-bond donors (Lipinski definition) is 2. The largest absolute Gasteiger partial charge is 0.452 e. The highest BCUT2D eigenvalue weighted by molar-refractivity contribution is 5.97. The average Bonchev–Trinajstić information content (AvgIpc) is 2.50. The topological polar surface area (TPSA) is 108 Å². The number of hydrogen-bond acceptors (Lipinski definition) is 5. The van der Waals surface area contributed by atoms with Crippen LogP contribution in [0.2, 0.25) is 0 Å². The summed E-state index contributed by atoms with van der Waals surface area (Å²) in [6, 6.07) is 7.08. The molecule has 0 saturated heterocycles. The minimum atomic E-state index is -0.719. The Hall–Kier alpha value is -2.88. The summed E-state index contributed by atoms with van der Waals surface area (Å²) in [6.07, 6.45) is 0. The quantitative estimate of drug-likeness (QED) is 0.794. The van der Waals surface area contributed by atoms with Crippen LogP contribution in [0.15, 0.2) is 24.3 Å². The number of nitrogens with one attached hydrogen (secondary N) is 2. The van der Waals surface area contributed by atoms with Crippen molar-refractivity contribution in [3.05, 3.63) is 35.4 Å². The van der Waals surface area contributed by atoms with E-state index in [0.717, 1.165) is 0 Å². The zero-order valence-corrected chi connectivity index (χ0v) is 12.4. The van der Waals surface area contributed by atoms with Crippen LogP contribution in [-0.4, -0.2) is 31.1 Å². The van der Waals surface area contributed by atoms with Crippen LogP contribution >= 0.6 is 0 Å². The van der Waals surface area contributed by atoms with E-state index in [4.69, 9.17) is 10.00 Å². The lowest BCUT2D eigenvalue weighted by molar-refractivity contribution is -0.123. The van der Waals surface area contributed by atoms with Gasteiger partial charge in [0.1, 0.15) is 0 Å². The number of ether oxygens (including phenoxy) is 1. The van der Waals surface area contributed by atoms with E-state index in [-0.39, 0.29) is 11.5 Å². The van der Waals surface area contributed by atoms with Crippen molar-refractivity contribution < 1.29 is 19.1 Å². The van der Waals surface area contributed by atoms with Crippen molar-refractivity contribution in [1.29, 1.82) is 5.26 Å². The van der Waals surface area contributed by atoms with E-state index in [1.54, 1.807) is 0 Å². The molecular weight excluding hydrogens is 286 g/mol. The monoisotopic (exact) mass is 303 g/mol. The molecule has 3 amide bonds. The Morgan fingerprint density at radius 2 is 1.86 bits per heavy atom. The van der Waals surface area contributed by atoms with Gasteiger partial charge in [-0.2, -0.15) is 5.26 Å². The molecule has 0 aliphatic rings. The summed E-state index contributed by atoms with van der Waals surface area (Å²) in [5, 5.41) is 13.2. The summed E-state index contributed by atoms with van der Waals surface area (Å²) in [5.41, 5.74) is 0.632. The fourth-order valence-electron chi connectivity index (χ4n) is 1.40. The molecule has 7 heteroatoms. The molecule has 0 aliphatic carbocycles. The average molecular weight is 303 g/mol. The minimum absolute atomic E-state index is 0.219. The molecule has 116 valence electrons. The number of imide groups is 1. The van der Waals surface area contributed by atoms with E-state index in [1.807, 2.05) is 19.9 Å². The fraction of sp³-hybridized carbons (Fsp3) is 0.333. The molecule has 0 radical (unpaired) electrons. The maximum Gasteiger partial charge on any atom is 0.338 e. The number of nitriles is 1. The van der Waals surface area contributed by atoms with Crippen LogP contribution in [0, 0.1) is 17.2 Å². The highest BCUT2D eigenvalue weighted by atomic mass is 16.5. The van der Waals surface area contributed by atoms with Crippen LogP contribution in [0.25, 0.3) is 0 Å². The maximum atomic E-state index is 11.7. The van der Waals surface area contributed by atoms with Gasteiger partial charge in [0.05, 0.1) is 17.2 Å². The van der Waals surface area contributed by atoms with Gasteiger partial charge in [0.15, 0.2) is 6.61 Å². The summed E-state index contributed by atoms with van der Waals surface area (Å²) in [5.74, 6) is -1.17. The van der Waals surface area contributed by atoms with Crippen molar-refractivity contribution in [2.45, 2.75) is 13.8 Å². The van der Waals surface area contributed by atoms with Crippen molar-refractivity contribution in [2.24, 2.45) is 5.92 Å². The third kappa shape index (κ3) is 6.05. The minimum Gasteiger partial charge on any atom is -0.452 e. The van der Waals surface area contributed by atoms with Gasteiger partial charge in [0.2, 0.25) is 0 Å². The van der Waals surface area contributed by atoms with E-state index < -0.39 is 24.5 Å². The number of carbonyl (C=O) groups excluding carboxylic acids is 3. The van der Waals surface area contributed by atoms with Crippen molar-refractivity contribution >= 4 is 17.9 Å². The normalized spacial score (nSPS) is 9.73. The van der Waals surface area contributed by atoms with E-state index in [0.29, 0.717) is 12.1 Å². The lowest BCUT2D eigenvalue weighted by atomic mass is 10.1. The van der Waals surface area contributed by atoms with Crippen LogP contribution in [0.5, 0.6) is 0 Å². The van der Waals surface area contributed by atoms with Crippen LogP contribution < -0.4 is 10.6 Å². The van der Waals surface area contributed by atoms with Gasteiger partial charge in [-0.05, 0) is 30.2 Å². The molecule has 1 aromatic carbocycles. The summed E-state index contributed by atoms with van der Waals surface area (Å²) in [4.78, 5) is 34.4. The van der Waals surface area contributed by atoms with Gasteiger partial charge in [-0.15, -0.1) is 0 Å². The van der Waals surface area contributed by atoms with Crippen LogP contribution in [0.4, 0.5) is 4.79 Å². The lowest BCUT2D eigenvalue weighted by Gasteiger charge is -2.09. The highest BCUT2D eigenvalue weighted by Gasteiger charge is 2.12. The van der Waals surface area contributed by atoms with Crippen molar-refractivity contribution in [3.8, 4) is 6.07 Å². The number of urea groups is 1. The molecule has 0 heterocycles. The molecule has 0 saturated carbocycles. The summed E-state index contributed by atoms with van der Waals surface area (Å²) in [6.45, 7) is 3.71. The van der Waals surface area contributed by atoms with Crippen molar-refractivity contribution in [2.75, 3.05) is 13.2 Å². The second kappa shape index (κ2) is 8.42. The van der Waals surface area contributed by atoms with Crippen molar-refractivity contribution in [1.82, 2.24) is 10.6 Å². The smallest absolute Gasteiger partial charge is 0.338 e. The first-order chi connectivity index (χ1) is 10.4. The molecule has 7 nitrogen and oxygen atoms in total. The maximum absolute atomic E-state index is 11.7. The third-order valence-electron chi connectivity index (χ3n) is 2.51. The number of benzene rings is 1. The first-order valence-electron chi connectivity index (χ1n) is 6.67. The Morgan fingerprint density at radius 3 is 2.41 bits per heavy atom. The fourth-order valence-corrected chi connectivity index (χ4v) is 1.40. The summed E-state index contributed by atoms with van der Waals surface area (Å²) in [7, 11) is 0. The van der Waals surface area contributed by atoms with Gasteiger partial charge in [-0.25, -0.2) is 9.59 Å². The zero-order valence-electron chi connectivity index (χ0n) is 12.4. The SMILES string of the molecule is CC(C)CNC(=O)NC(=O)COC(=O)c1ccc(C#N)cc1. The first-order valence-corrected chi connectivity index (χ1v) is 6.67. The molecule has 0 aliphatic heterocycles. The van der Waals surface area contributed by atoms with Gasteiger partial charge in [0.25, 0.3) is 5.91 Å². The summed E-state index contributed by atoms with van der Waals surface area (Å²) >= 11 is 0. The number of carbonyl (C=O) groups is 3. The van der Waals surface area contributed by atoms with Crippen LogP contribution in [0.1, 0.15) is 29.8 Å².